The van der Waals surface area contributed by atoms with Gasteiger partial charge in [-0.25, -0.2) is 9.59 Å². The van der Waals surface area contributed by atoms with Gasteiger partial charge in [-0.05, 0) is 86.5 Å². The average molecular weight is 605 g/mol. The van der Waals surface area contributed by atoms with Crippen LogP contribution in [0.3, 0.4) is 0 Å². The fourth-order valence-corrected chi connectivity index (χ4v) is 3.77. The van der Waals surface area contributed by atoms with Gasteiger partial charge < -0.3 is 30.0 Å². The van der Waals surface area contributed by atoms with Crippen LogP contribution < -0.4 is 10.6 Å². The van der Waals surface area contributed by atoms with Crippen LogP contribution in [0.15, 0.2) is 60.8 Å². The molecule has 0 bridgehead atoms. The summed E-state index contributed by atoms with van der Waals surface area (Å²) in [6.07, 6.45) is 26.2. The summed E-state index contributed by atoms with van der Waals surface area (Å²) >= 11 is 0. The molecule has 0 spiro atoms. The number of alkyl carbamates (subject to hydrolysis) is 1. The number of ether oxygens (including phenoxy) is 3. The van der Waals surface area contributed by atoms with Crippen LogP contribution >= 0.6 is 0 Å². The van der Waals surface area contributed by atoms with Crippen molar-refractivity contribution in [2.45, 2.75) is 129 Å². The lowest BCUT2D eigenvalue weighted by atomic mass is 10.1. The maximum absolute atomic E-state index is 12.5. The van der Waals surface area contributed by atoms with E-state index in [2.05, 4.69) is 78.3 Å². The van der Waals surface area contributed by atoms with Gasteiger partial charge >= 0.3 is 12.1 Å². The van der Waals surface area contributed by atoms with Crippen LogP contribution in [0.4, 0.5) is 4.79 Å². The van der Waals surface area contributed by atoms with Crippen molar-refractivity contribution in [1.29, 1.82) is 0 Å². The van der Waals surface area contributed by atoms with Crippen molar-refractivity contribution in [3.8, 4) is 0 Å². The van der Waals surface area contributed by atoms with Crippen molar-refractivity contribution in [1.82, 2.24) is 10.6 Å². The van der Waals surface area contributed by atoms with Gasteiger partial charge in [-0.3, -0.25) is 4.79 Å². The first-order chi connectivity index (χ1) is 20.3. The number of allylic oxidation sites excluding steroid dienone is 10. The second-order valence-corrected chi connectivity index (χ2v) is 11.4. The fourth-order valence-electron chi connectivity index (χ4n) is 3.77. The van der Waals surface area contributed by atoms with Crippen LogP contribution in [0.25, 0.3) is 0 Å². The Morgan fingerprint density at radius 3 is 1.72 bits per heavy atom. The molecule has 244 valence electrons. The molecule has 0 aliphatic heterocycles. The molecule has 0 radical (unpaired) electrons. The lowest BCUT2D eigenvalue weighted by Crippen LogP contribution is -2.57. The summed E-state index contributed by atoms with van der Waals surface area (Å²) in [6, 6.07) is -1.99. The Morgan fingerprint density at radius 1 is 0.791 bits per heavy atom. The highest BCUT2D eigenvalue weighted by Gasteiger charge is 2.39. The molecular weight excluding hydrogens is 548 g/mol. The Kier molecular flexibility index (Phi) is 20.7. The third kappa shape index (κ3) is 20.4. The number of rotatable bonds is 21. The molecule has 0 fully saturated rings. The van der Waals surface area contributed by atoms with Crippen LogP contribution in [0.5, 0.6) is 0 Å². The van der Waals surface area contributed by atoms with Crippen molar-refractivity contribution in [3.63, 3.8) is 0 Å². The Balaban J connectivity index is 4.49. The van der Waals surface area contributed by atoms with E-state index in [0.29, 0.717) is 12.8 Å². The molecule has 2 amide bonds. The average Bonchev–Trinajstić information content (AvgIpc) is 2.92. The van der Waals surface area contributed by atoms with Gasteiger partial charge in [-0.2, -0.15) is 0 Å². The summed E-state index contributed by atoms with van der Waals surface area (Å²) in [5, 5.41) is 14.8. The SMILES string of the molecule is CC/C=C\C/C=C\C/C=C\C/C=C\C/C=C\CCCC(=O)N[C@@H](C)C(C)(OC)O[C@H](C)[C@H](NC(=O)OC(C)(C)C)C(=O)O. The first kappa shape index (κ1) is 39.8. The van der Waals surface area contributed by atoms with Crippen LogP contribution in [0, 0.1) is 0 Å². The van der Waals surface area contributed by atoms with E-state index in [0.717, 1.165) is 38.5 Å². The summed E-state index contributed by atoms with van der Waals surface area (Å²) in [7, 11) is 1.41. The predicted octanol–water partition coefficient (Wildman–Crippen LogP) is 7.16. The Bertz CT molecular complexity index is 962. The van der Waals surface area contributed by atoms with E-state index in [1.54, 1.807) is 34.6 Å². The molecule has 43 heavy (non-hydrogen) atoms. The minimum absolute atomic E-state index is 0.166. The smallest absolute Gasteiger partial charge is 0.408 e. The van der Waals surface area contributed by atoms with E-state index in [-0.39, 0.29) is 5.91 Å². The molecule has 0 rings (SSSR count). The van der Waals surface area contributed by atoms with Gasteiger partial charge in [0.15, 0.2) is 11.8 Å². The van der Waals surface area contributed by atoms with E-state index in [1.807, 2.05) is 0 Å². The zero-order chi connectivity index (χ0) is 32.7. The van der Waals surface area contributed by atoms with E-state index >= 15 is 0 Å². The normalized spacial score (nSPS) is 16.2. The van der Waals surface area contributed by atoms with Gasteiger partial charge in [0, 0.05) is 13.5 Å². The molecule has 0 aromatic carbocycles. The highest BCUT2D eigenvalue weighted by Crippen LogP contribution is 2.21. The number of methoxy groups -OCH3 is 1. The molecule has 1 unspecified atom stereocenters. The summed E-state index contributed by atoms with van der Waals surface area (Å²) in [5.74, 6) is -2.80. The van der Waals surface area contributed by atoms with Crippen molar-refractivity contribution in [2.24, 2.45) is 0 Å². The van der Waals surface area contributed by atoms with Gasteiger partial charge in [0.25, 0.3) is 0 Å². The molecule has 3 N–H and O–H groups in total. The molecule has 0 heterocycles. The van der Waals surface area contributed by atoms with Crippen LogP contribution in [0.1, 0.15) is 99.8 Å². The number of carboxylic acids is 1. The van der Waals surface area contributed by atoms with Gasteiger partial charge in [0.05, 0.1) is 12.1 Å². The third-order valence-electron chi connectivity index (χ3n) is 6.33. The van der Waals surface area contributed by atoms with Gasteiger partial charge in [-0.15, -0.1) is 0 Å². The highest BCUT2D eigenvalue weighted by molar-refractivity contribution is 5.80. The first-order valence-electron chi connectivity index (χ1n) is 15.2. The molecule has 0 aromatic rings. The van der Waals surface area contributed by atoms with Crippen LogP contribution in [-0.2, 0) is 23.8 Å². The molecule has 9 heteroatoms. The number of unbranched alkanes of at least 4 members (excludes halogenated alkanes) is 1. The number of amides is 2. The Labute approximate surface area is 259 Å². The Morgan fingerprint density at radius 2 is 1.28 bits per heavy atom. The number of carboxylic acid groups (broad SMARTS) is 1. The molecule has 0 saturated carbocycles. The third-order valence-corrected chi connectivity index (χ3v) is 6.33. The maximum atomic E-state index is 12.5. The summed E-state index contributed by atoms with van der Waals surface area (Å²) in [6.45, 7) is 12.0. The van der Waals surface area contributed by atoms with Crippen LogP contribution in [-0.4, -0.2) is 59.8 Å². The van der Waals surface area contributed by atoms with Crippen molar-refractivity contribution < 1.29 is 33.7 Å². The van der Waals surface area contributed by atoms with Crippen molar-refractivity contribution in [3.05, 3.63) is 60.8 Å². The maximum Gasteiger partial charge on any atom is 0.408 e. The fraction of sp³-hybridized carbons (Fsp3) is 0.618. The zero-order valence-electron chi connectivity index (χ0n) is 27.6. The minimum Gasteiger partial charge on any atom is -0.480 e. The molecular formula is C34H56N2O7. The molecule has 0 aromatic heterocycles. The monoisotopic (exact) mass is 604 g/mol. The molecule has 9 nitrogen and oxygen atoms in total. The molecule has 0 saturated heterocycles. The number of aliphatic carboxylic acids is 1. The number of carbonyl (C=O) groups is 3. The Hall–Kier alpha value is -3.17. The van der Waals surface area contributed by atoms with E-state index in [4.69, 9.17) is 14.2 Å². The zero-order valence-corrected chi connectivity index (χ0v) is 27.6. The van der Waals surface area contributed by atoms with Crippen LogP contribution in [0.2, 0.25) is 0 Å². The number of nitrogens with one attached hydrogen (secondary N) is 2. The molecule has 0 aliphatic carbocycles. The molecule has 4 atom stereocenters. The quantitative estimate of drug-likeness (QED) is 0.0722. The first-order valence-corrected chi connectivity index (χ1v) is 15.2. The highest BCUT2D eigenvalue weighted by atomic mass is 16.7. The summed E-state index contributed by atoms with van der Waals surface area (Å²) < 4.78 is 16.6. The lowest BCUT2D eigenvalue weighted by Gasteiger charge is -2.38. The predicted molar refractivity (Wildman–Crippen MR) is 173 cm³/mol. The second kappa shape index (κ2) is 22.4. The lowest BCUT2D eigenvalue weighted by molar-refractivity contribution is -0.249. The van der Waals surface area contributed by atoms with Gasteiger partial charge in [0.2, 0.25) is 5.91 Å². The number of carbonyl (C=O) groups excluding carboxylic acids is 2. The van der Waals surface area contributed by atoms with E-state index < -0.39 is 41.6 Å². The van der Waals surface area contributed by atoms with Gasteiger partial charge in [-0.1, -0.05) is 67.7 Å². The van der Waals surface area contributed by atoms with Gasteiger partial charge in [0.1, 0.15) is 5.60 Å². The van der Waals surface area contributed by atoms with Crippen molar-refractivity contribution in [2.75, 3.05) is 7.11 Å². The van der Waals surface area contributed by atoms with Crippen molar-refractivity contribution >= 4 is 18.0 Å². The largest absolute Gasteiger partial charge is 0.480 e. The minimum atomic E-state index is -1.39. The topological polar surface area (TPSA) is 123 Å². The number of hydrogen-bond acceptors (Lipinski definition) is 6. The molecule has 0 aliphatic rings. The number of hydrogen-bond donors (Lipinski definition) is 3. The summed E-state index contributed by atoms with van der Waals surface area (Å²) in [5.41, 5.74) is -0.787. The standard InChI is InChI=1S/C34H56N2O7/c1-9-10-11-12-13-14-15-16-17-18-19-20-21-22-23-24-25-26-29(37)35-28(3)34(7,41-8)42-27(2)30(31(38)39)36-32(40)43-33(4,5)6/h10-11,13-14,16-17,19-20,22-23,27-28,30H,9,12,15,18,21,24-26H2,1-8H3,(H,35,37)(H,36,40)(H,38,39)/b11-10-,14-13-,17-16-,20-19-,23-22-/t27-,28+,30+,34?/m1/s1. The van der Waals surface area contributed by atoms with E-state index in [9.17, 15) is 19.5 Å². The second-order valence-electron chi connectivity index (χ2n) is 11.4. The summed E-state index contributed by atoms with van der Waals surface area (Å²) in [4.78, 5) is 36.5. The van der Waals surface area contributed by atoms with E-state index in [1.165, 1.54) is 14.0 Å².